The van der Waals surface area contributed by atoms with E-state index in [1.807, 2.05) is 12.1 Å². The van der Waals surface area contributed by atoms with Crippen molar-refractivity contribution in [3.05, 3.63) is 35.4 Å². The first kappa shape index (κ1) is 15.7. The molecule has 0 aliphatic carbocycles. The minimum Gasteiger partial charge on any atom is -0.478 e. The molecule has 4 heteroatoms. The van der Waals surface area contributed by atoms with Crippen molar-refractivity contribution in [3.8, 4) is 0 Å². The predicted molar refractivity (Wildman–Crippen MR) is 75.8 cm³/mol. The fourth-order valence-corrected chi connectivity index (χ4v) is 1.63. The van der Waals surface area contributed by atoms with E-state index in [4.69, 9.17) is 9.84 Å². The summed E-state index contributed by atoms with van der Waals surface area (Å²) in [6, 6.07) is 7.01. The molecule has 1 aromatic rings. The van der Waals surface area contributed by atoms with E-state index in [0.29, 0.717) is 5.56 Å². The van der Waals surface area contributed by atoms with Crippen LogP contribution in [0.3, 0.4) is 0 Å². The number of benzene rings is 1. The van der Waals surface area contributed by atoms with Crippen LogP contribution in [0.25, 0.3) is 0 Å². The number of hydrogen-bond acceptors (Lipinski definition) is 3. The summed E-state index contributed by atoms with van der Waals surface area (Å²) in [6.07, 6.45) is 0. The first-order valence-electron chi connectivity index (χ1n) is 6.53. The summed E-state index contributed by atoms with van der Waals surface area (Å²) >= 11 is 0. The smallest absolute Gasteiger partial charge is 0.335 e. The van der Waals surface area contributed by atoms with E-state index in [0.717, 1.165) is 31.9 Å². The van der Waals surface area contributed by atoms with Gasteiger partial charge in [0.15, 0.2) is 0 Å². The Hall–Kier alpha value is -1.39. The molecule has 1 heterocycles. The van der Waals surface area contributed by atoms with E-state index >= 15 is 0 Å². The molecule has 0 saturated carbocycles. The van der Waals surface area contributed by atoms with Crippen molar-refractivity contribution in [1.29, 1.82) is 0 Å². The monoisotopic (exact) mass is 265 g/mol. The zero-order chi connectivity index (χ0) is 14.3. The summed E-state index contributed by atoms with van der Waals surface area (Å²) in [5.74, 6) is -0.875. The Morgan fingerprint density at radius 2 is 1.68 bits per heavy atom. The van der Waals surface area contributed by atoms with Gasteiger partial charge in [0.05, 0.1) is 18.8 Å². The van der Waals surface area contributed by atoms with Gasteiger partial charge in [-0.1, -0.05) is 32.9 Å². The molecular formula is C15H23NO3. The number of carboxylic acid groups (broad SMARTS) is 1. The number of morpholine rings is 1. The van der Waals surface area contributed by atoms with E-state index in [1.54, 1.807) is 12.1 Å². The lowest BCUT2D eigenvalue weighted by Gasteiger charge is -2.18. The zero-order valence-electron chi connectivity index (χ0n) is 11.9. The largest absolute Gasteiger partial charge is 0.478 e. The van der Waals surface area contributed by atoms with Gasteiger partial charge in [0.25, 0.3) is 0 Å². The van der Waals surface area contributed by atoms with Crippen LogP contribution in [0.2, 0.25) is 0 Å². The summed E-state index contributed by atoms with van der Waals surface area (Å²) in [5, 5.41) is 11.8. The normalized spacial score (nSPS) is 15.3. The number of ether oxygens (including phenoxy) is 1. The highest BCUT2D eigenvalue weighted by molar-refractivity contribution is 5.87. The maximum absolute atomic E-state index is 10.6. The highest BCUT2D eigenvalue weighted by Crippen LogP contribution is 2.21. The molecule has 0 spiro atoms. The summed E-state index contributed by atoms with van der Waals surface area (Å²) in [7, 11) is 0. The lowest BCUT2D eigenvalue weighted by Crippen LogP contribution is -2.30. The summed E-state index contributed by atoms with van der Waals surface area (Å²) < 4.78 is 5.01. The molecule has 2 rings (SSSR count). The average Bonchev–Trinajstić information content (AvgIpc) is 2.40. The zero-order valence-corrected chi connectivity index (χ0v) is 11.9. The molecule has 2 N–H and O–H groups in total. The molecule has 0 amide bonds. The number of nitrogens with one attached hydrogen (secondary N) is 1. The van der Waals surface area contributed by atoms with Crippen LogP contribution in [0.1, 0.15) is 36.7 Å². The molecular weight excluding hydrogens is 242 g/mol. The number of carboxylic acids is 1. The van der Waals surface area contributed by atoms with Crippen molar-refractivity contribution in [2.75, 3.05) is 26.3 Å². The van der Waals surface area contributed by atoms with E-state index < -0.39 is 5.97 Å². The van der Waals surface area contributed by atoms with E-state index in [9.17, 15) is 4.79 Å². The van der Waals surface area contributed by atoms with Crippen molar-refractivity contribution in [3.63, 3.8) is 0 Å². The quantitative estimate of drug-likeness (QED) is 0.818. The molecule has 0 atom stereocenters. The molecule has 1 fully saturated rings. The van der Waals surface area contributed by atoms with Crippen LogP contribution in [0.15, 0.2) is 24.3 Å². The summed E-state index contributed by atoms with van der Waals surface area (Å²) in [6.45, 7) is 10.1. The second-order valence-corrected chi connectivity index (χ2v) is 5.49. The number of aromatic carboxylic acids is 1. The minimum atomic E-state index is -0.875. The van der Waals surface area contributed by atoms with E-state index in [1.165, 1.54) is 0 Å². The Balaban J connectivity index is 0.000000250. The Bertz CT molecular complexity index is 377. The van der Waals surface area contributed by atoms with Crippen LogP contribution in [-0.2, 0) is 10.2 Å². The maximum atomic E-state index is 10.6. The van der Waals surface area contributed by atoms with Gasteiger partial charge in [0.1, 0.15) is 0 Å². The molecule has 0 bridgehead atoms. The molecule has 1 aliphatic heterocycles. The molecule has 1 saturated heterocycles. The lowest BCUT2D eigenvalue weighted by atomic mass is 9.87. The number of carbonyl (C=O) groups is 1. The van der Waals surface area contributed by atoms with Gasteiger partial charge in [-0.2, -0.15) is 0 Å². The van der Waals surface area contributed by atoms with Gasteiger partial charge >= 0.3 is 5.97 Å². The van der Waals surface area contributed by atoms with Crippen molar-refractivity contribution in [2.24, 2.45) is 0 Å². The van der Waals surface area contributed by atoms with Crippen molar-refractivity contribution in [1.82, 2.24) is 5.32 Å². The van der Waals surface area contributed by atoms with Gasteiger partial charge in [-0.3, -0.25) is 0 Å². The SMILES string of the molecule is C1COCCN1.CC(C)(C)c1ccc(C(=O)O)cc1. The Morgan fingerprint density at radius 1 is 1.16 bits per heavy atom. The molecule has 1 aliphatic rings. The first-order valence-corrected chi connectivity index (χ1v) is 6.53. The number of rotatable bonds is 1. The van der Waals surface area contributed by atoms with Crippen LogP contribution >= 0.6 is 0 Å². The third-order valence-corrected chi connectivity index (χ3v) is 2.84. The molecule has 0 unspecified atom stereocenters. The Labute approximate surface area is 114 Å². The Kier molecular flexibility index (Phi) is 5.99. The van der Waals surface area contributed by atoms with Gasteiger partial charge in [0.2, 0.25) is 0 Å². The third-order valence-electron chi connectivity index (χ3n) is 2.84. The highest BCUT2D eigenvalue weighted by Gasteiger charge is 2.13. The van der Waals surface area contributed by atoms with Gasteiger partial charge in [0, 0.05) is 13.1 Å². The molecule has 4 nitrogen and oxygen atoms in total. The second kappa shape index (κ2) is 7.26. The van der Waals surface area contributed by atoms with E-state index in [2.05, 4.69) is 26.1 Å². The van der Waals surface area contributed by atoms with E-state index in [-0.39, 0.29) is 5.41 Å². The van der Waals surface area contributed by atoms with Crippen LogP contribution in [0.5, 0.6) is 0 Å². The summed E-state index contributed by atoms with van der Waals surface area (Å²) in [5.41, 5.74) is 1.57. The number of hydrogen-bond donors (Lipinski definition) is 2. The second-order valence-electron chi connectivity index (χ2n) is 5.49. The average molecular weight is 265 g/mol. The van der Waals surface area contributed by atoms with Crippen molar-refractivity contribution < 1.29 is 14.6 Å². The minimum absolute atomic E-state index is 0.0804. The Morgan fingerprint density at radius 3 is 1.95 bits per heavy atom. The van der Waals surface area contributed by atoms with Gasteiger partial charge in [-0.05, 0) is 23.1 Å². The highest BCUT2D eigenvalue weighted by atomic mass is 16.5. The molecule has 1 aromatic carbocycles. The van der Waals surface area contributed by atoms with Gasteiger partial charge < -0.3 is 15.2 Å². The van der Waals surface area contributed by atoms with Crippen molar-refractivity contribution >= 4 is 5.97 Å². The van der Waals surface area contributed by atoms with Crippen LogP contribution < -0.4 is 5.32 Å². The topological polar surface area (TPSA) is 58.6 Å². The molecule has 0 radical (unpaired) electrons. The van der Waals surface area contributed by atoms with Crippen LogP contribution in [-0.4, -0.2) is 37.4 Å². The maximum Gasteiger partial charge on any atom is 0.335 e. The van der Waals surface area contributed by atoms with Crippen LogP contribution in [0, 0.1) is 0 Å². The van der Waals surface area contributed by atoms with Gasteiger partial charge in [-0.15, -0.1) is 0 Å². The summed E-state index contributed by atoms with van der Waals surface area (Å²) in [4.78, 5) is 10.6. The van der Waals surface area contributed by atoms with Crippen molar-refractivity contribution in [2.45, 2.75) is 26.2 Å². The third kappa shape index (κ3) is 5.85. The van der Waals surface area contributed by atoms with Gasteiger partial charge in [-0.25, -0.2) is 4.79 Å². The predicted octanol–water partition coefficient (Wildman–Crippen LogP) is 2.29. The molecule has 106 valence electrons. The fourth-order valence-electron chi connectivity index (χ4n) is 1.63. The fraction of sp³-hybridized carbons (Fsp3) is 0.533. The molecule has 19 heavy (non-hydrogen) atoms. The lowest BCUT2D eigenvalue weighted by molar-refractivity contribution is 0.0697. The standard InChI is InChI=1S/C11H14O2.C4H9NO/c1-11(2,3)9-6-4-8(5-7-9)10(12)13;1-3-6-4-2-5-1/h4-7H,1-3H3,(H,12,13);5H,1-4H2. The van der Waals surface area contributed by atoms with Crippen LogP contribution in [0.4, 0.5) is 0 Å². The first-order chi connectivity index (χ1) is 8.91. The molecule has 0 aromatic heterocycles.